The molecule has 0 aliphatic heterocycles. The Kier molecular flexibility index (Phi) is 3.89. The molecular weight excluding hydrogens is 330 g/mol. The van der Waals surface area contributed by atoms with Crippen molar-refractivity contribution in [3.8, 4) is 0 Å². The monoisotopic (exact) mass is 347 g/mol. The Morgan fingerprint density at radius 2 is 1.95 bits per heavy atom. The SMILES string of the molecule is CC1CC1c1ccc(CN(C)C(=O)c2ccc(Br)cc2)o1. The largest absolute Gasteiger partial charge is 0.464 e. The molecule has 2 aromatic rings. The van der Waals surface area contributed by atoms with Crippen molar-refractivity contribution < 1.29 is 9.21 Å². The summed E-state index contributed by atoms with van der Waals surface area (Å²) < 4.78 is 6.82. The van der Waals surface area contributed by atoms with E-state index in [0.717, 1.165) is 21.9 Å². The average Bonchev–Trinajstić information content (AvgIpc) is 3.02. The van der Waals surface area contributed by atoms with Crippen LogP contribution in [-0.4, -0.2) is 17.9 Å². The zero-order chi connectivity index (χ0) is 15.0. The number of halogens is 1. The molecule has 1 aromatic carbocycles. The van der Waals surface area contributed by atoms with Crippen molar-refractivity contribution >= 4 is 21.8 Å². The number of amides is 1. The second-order valence-corrected chi connectivity index (χ2v) is 6.71. The molecule has 0 spiro atoms. The molecule has 1 aliphatic rings. The first kappa shape index (κ1) is 14.4. The van der Waals surface area contributed by atoms with Gasteiger partial charge in [0.25, 0.3) is 5.91 Å². The Balaban J connectivity index is 1.65. The second kappa shape index (κ2) is 5.68. The van der Waals surface area contributed by atoms with Gasteiger partial charge in [0.1, 0.15) is 11.5 Å². The number of hydrogen-bond donors (Lipinski definition) is 0. The summed E-state index contributed by atoms with van der Waals surface area (Å²) in [4.78, 5) is 14.0. The van der Waals surface area contributed by atoms with Crippen molar-refractivity contribution in [1.82, 2.24) is 4.90 Å². The molecule has 3 nitrogen and oxygen atoms in total. The van der Waals surface area contributed by atoms with Gasteiger partial charge in [0.2, 0.25) is 0 Å². The first-order chi connectivity index (χ1) is 10.0. The van der Waals surface area contributed by atoms with Gasteiger partial charge in [-0.2, -0.15) is 0 Å². The molecule has 1 aliphatic carbocycles. The predicted molar refractivity (Wildman–Crippen MR) is 85.2 cm³/mol. The van der Waals surface area contributed by atoms with Gasteiger partial charge >= 0.3 is 0 Å². The fourth-order valence-corrected chi connectivity index (χ4v) is 2.78. The Bertz CT molecular complexity index is 647. The summed E-state index contributed by atoms with van der Waals surface area (Å²) in [6.07, 6.45) is 1.21. The summed E-state index contributed by atoms with van der Waals surface area (Å²) in [5.74, 6) is 3.21. The van der Waals surface area contributed by atoms with Crippen LogP contribution in [0.1, 0.15) is 41.1 Å². The molecule has 1 fully saturated rings. The third kappa shape index (κ3) is 3.21. The van der Waals surface area contributed by atoms with E-state index in [-0.39, 0.29) is 5.91 Å². The highest BCUT2D eigenvalue weighted by Gasteiger charge is 2.36. The highest BCUT2D eigenvalue weighted by atomic mass is 79.9. The van der Waals surface area contributed by atoms with E-state index in [1.165, 1.54) is 6.42 Å². The van der Waals surface area contributed by atoms with Gasteiger partial charge in [-0.05, 0) is 48.7 Å². The quantitative estimate of drug-likeness (QED) is 0.819. The molecule has 0 saturated heterocycles. The second-order valence-electron chi connectivity index (χ2n) is 5.79. The molecular formula is C17H18BrNO2. The molecule has 21 heavy (non-hydrogen) atoms. The first-order valence-corrected chi connectivity index (χ1v) is 7.93. The van der Waals surface area contributed by atoms with Crippen LogP contribution in [0.3, 0.4) is 0 Å². The number of carbonyl (C=O) groups excluding carboxylic acids is 1. The minimum absolute atomic E-state index is 0.000222. The van der Waals surface area contributed by atoms with Crippen LogP contribution in [-0.2, 0) is 6.54 Å². The topological polar surface area (TPSA) is 33.5 Å². The van der Waals surface area contributed by atoms with Gasteiger partial charge in [0, 0.05) is 23.0 Å². The third-order valence-electron chi connectivity index (χ3n) is 3.99. The summed E-state index contributed by atoms with van der Waals surface area (Å²) in [5, 5.41) is 0. The lowest BCUT2D eigenvalue weighted by Crippen LogP contribution is -2.25. The molecule has 0 radical (unpaired) electrons. The zero-order valence-electron chi connectivity index (χ0n) is 12.2. The number of furan rings is 1. The Morgan fingerprint density at radius 3 is 2.57 bits per heavy atom. The van der Waals surface area contributed by atoms with Gasteiger partial charge in [-0.25, -0.2) is 0 Å². The molecule has 3 rings (SSSR count). The molecule has 2 atom stereocenters. The minimum Gasteiger partial charge on any atom is -0.464 e. The molecule has 0 bridgehead atoms. The normalized spacial score (nSPS) is 20.3. The lowest BCUT2D eigenvalue weighted by atomic mass is 10.2. The summed E-state index contributed by atoms with van der Waals surface area (Å²) in [6.45, 7) is 2.73. The Morgan fingerprint density at radius 1 is 1.29 bits per heavy atom. The van der Waals surface area contributed by atoms with E-state index in [9.17, 15) is 4.79 Å². The Labute approximate surface area is 133 Å². The molecule has 1 aromatic heterocycles. The first-order valence-electron chi connectivity index (χ1n) is 7.14. The molecule has 4 heteroatoms. The van der Waals surface area contributed by atoms with Crippen LogP contribution in [0.15, 0.2) is 45.3 Å². The van der Waals surface area contributed by atoms with Gasteiger partial charge in [0.05, 0.1) is 6.54 Å². The standard InChI is InChI=1S/C17H18BrNO2/c1-11-9-15(11)16-8-7-14(21-16)10-19(2)17(20)12-3-5-13(18)6-4-12/h3-8,11,15H,9-10H2,1-2H3. The van der Waals surface area contributed by atoms with Crippen LogP contribution < -0.4 is 0 Å². The van der Waals surface area contributed by atoms with Gasteiger partial charge < -0.3 is 9.32 Å². The van der Waals surface area contributed by atoms with Crippen molar-refractivity contribution in [2.45, 2.75) is 25.8 Å². The highest BCUT2D eigenvalue weighted by molar-refractivity contribution is 9.10. The van der Waals surface area contributed by atoms with Crippen LogP contribution in [0.25, 0.3) is 0 Å². The maximum atomic E-state index is 12.3. The van der Waals surface area contributed by atoms with E-state index in [2.05, 4.69) is 22.9 Å². The fourth-order valence-electron chi connectivity index (χ4n) is 2.52. The minimum atomic E-state index is 0.000222. The summed E-state index contributed by atoms with van der Waals surface area (Å²) in [6, 6.07) is 11.4. The smallest absolute Gasteiger partial charge is 0.254 e. The predicted octanol–water partition coefficient (Wildman–Crippen LogP) is 4.44. The van der Waals surface area contributed by atoms with Crippen molar-refractivity contribution in [3.63, 3.8) is 0 Å². The van der Waals surface area contributed by atoms with E-state index < -0.39 is 0 Å². The molecule has 110 valence electrons. The number of hydrogen-bond acceptors (Lipinski definition) is 2. The van der Waals surface area contributed by atoms with E-state index in [1.54, 1.807) is 11.9 Å². The number of benzene rings is 1. The molecule has 1 amide bonds. The van der Waals surface area contributed by atoms with Crippen LogP contribution in [0.5, 0.6) is 0 Å². The third-order valence-corrected chi connectivity index (χ3v) is 4.52. The van der Waals surface area contributed by atoms with Crippen molar-refractivity contribution in [2.24, 2.45) is 5.92 Å². The van der Waals surface area contributed by atoms with E-state index in [0.29, 0.717) is 18.0 Å². The lowest BCUT2D eigenvalue weighted by molar-refractivity contribution is 0.0775. The van der Waals surface area contributed by atoms with Gasteiger partial charge in [-0.3, -0.25) is 4.79 Å². The van der Waals surface area contributed by atoms with Gasteiger partial charge in [-0.1, -0.05) is 22.9 Å². The van der Waals surface area contributed by atoms with Crippen LogP contribution in [0.4, 0.5) is 0 Å². The van der Waals surface area contributed by atoms with E-state index in [1.807, 2.05) is 36.4 Å². The maximum Gasteiger partial charge on any atom is 0.254 e. The molecule has 1 heterocycles. The number of rotatable bonds is 4. The van der Waals surface area contributed by atoms with E-state index >= 15 is 0 Å². The van der Waals surface area contributed by atoms with Crippen LogP contribution in [0, 0.1) is 5.92 Å². The van der Waals surface area contributed by atoms with Crippen molar-refractivity contribution in [3.05, 3.63) is 58.0 Å². The molecule has 2 unspecified atom stereocenters. The van der Waals surface area contributed by atoms with Crippen molar-refractivity contribution in [1.29, 1.82) is 0 Å². The maximum absolute atomic E-state index is 12.3. The number of carbonyl (C=O) groups is 1. The summed E-state index contributed by atoms with van der Waals surface area (Å²) >= 11 is 3.37. The average molecular weight is 348 g/mol. The summed E-state index contributed by atoms with van der Waals surface area (Å²) in [5.41, 5.74) is 0.684. The number of nitrogens with zero attached hydrogens (tertiary/aromatic N) is 1. The Hall–Kier alpha value is -1.55. The van der Waals surface area contributed by atoms with E-state index in [4.69, 9.17) is 4.42 Å². The highest BCUT2D eigenvalue weighted by Crippen LogP contribution is 2.47. The molecule has 0 N–H and O–H groups in total. The van der Waals surface area contributed by atoms with Crippen molar-refractivity contribution in [2.75, 3.05) is 7.05 Å². The lowest BCUT2D eigenvalue weighted by Gasteiger charge is -2.15. The molecule has 1 saturated carbocycles. The van der Waals surface area contributed by atoms with Crippen LogP contribution in [0.2, 0.25) is 0 Å². The van der Waals surface area contributed by atoms with Crippen LogP contribution >= 0.6 is 15.9 Å². The summed E-state index contributed by atoms with van der Waals surface area (Å²) in [7, 11) is 1.80. The zero-order valence-corrected chi connectivity index (χ0v) is 13.8. The fraction of sp³-hybridized carbons (Fsp3) is 0.353. The van der Waals surface area contributed by atoms with Gasteiger partial charge in [0.15, 0.2) is 0 Å². The van der Waals surface area contributed by atoms with Gasteiger partial charge in [-0.15, -0.1) is 0 Å².